The predicted octanol–water partition coefficient (Wildman–Crippen LogP) is 3.18. The number of hydrogen-bond acceptors (Lipinski definition) is 5. The van der Waals surface area contributed by atoms with E-state index in [-0.39, 0.29) is 10.6 Å². The summed E-state index contributed by atoms with van der Waals surface area (Å²) < 4.78 is 27.6. The van der Waals surface area contributed by atoms with E-state index in [1.807, 2.05) is 18.4 Å². The fraction of sp³-hybridized carbons (Fsp3) is 0.0588. The van der Waals surface area contributed by atoms with Gasteiger partial charge in [0, 0.05) is 16.3 Å². The normalized spacial score (nSPS) is 11.1. The van der Waals surface area contributed by atoms with Crippen LogP contribution in [0.2, 0.25) is 0 Å². The van der Waals surface area contributed by atoms with E-state index in [4.69, 9.17) is 0 Å². The molecule has 0 spiro atoms. The minimum absolute atomic E-state index is 0.0667. The molecule has 0 aliphatic carbocycles. The Kier molecular flexibility index (Phi) is 5.29. The number of aromatic nitrogens is 2. The second kappa shape index (κ2) is 7.63. The molecule has 3 N–H and O–H groups in total. The third-order valence-electron chi connectivity index (χ3n) is 3.47. The average molecular weight is 388 g/mol. The van der Waals surface area contributed by atoms with Gasteiger partial charge in [-0.2, -0.15) is 13.5 Å². The van der Waals surface area contributed by atoms with Gasteiger partial charge in [-0.15, -0.1) is 11.8 Å². The van der Waals surface area contributed by atoms with Crippen molar-refractivity contribution in [1.82, 2.24) is 10.2 Å². The Labute approximate surface area is 155 Å². The summed E-state index contributed by atoms with van der Waals surface area (Å²) in [6.45, 7) is 0. The quantitative estimate of drug-likeness (QED) is 0.563. The smallest absolute Gasteiger partial charge is 0.279 e. The number of carbonyl (C=O) groups excluding carboxylic acids is 1. The summed E-state index contributed by atoms with van der Waals surface area (Å²) in [6, 6.07) is 15.7. The van der Waals surface area contributed by atoms with Gasteiger partial charge < -0.3 is 5.32 Å². The number of para-hydroxylation sites is 1. The lowest BCUT2D eigenvalue weighted by Gasteiger charge is -2.09. The largest absolute Gasteiger partial charge is 0.322 e. The minimum Gasteiger partial charge on any atom is -0.322 e. The third kappa shape index (κ3) is 4.06. The van der Waals surface area contributed by atoms with Crippen molar-refractivity contribution in [2.24, 2.45) is 0 Å². The van der Waals surface area contributed by atoms with Crippen molar-refractivity contribution in [3.63, 3.8) is 0 Å². The summed E-state index contributed by atoms with van der Waals surface area (Å²) in [5.74, 6) is -0.564. The second-order valence-electron chi connectivity index (χ2n) is 5.27. The van der Waals surface area contributed by atoms with Crippen molar-refractivity contribution in [2.75, 3.05) is 16.3 Å². The fourth-order valence-corrected chi connectivity index (χ4v) is 3.87. The van der Waals surface area contributed by atoms with Crippen molar-refractivity contribution in [3.05, 3.63) is 66.4 Å². The Balaban J connectivity index is 1.84. The topological polar surface area (TPSA) is 104 Å². The fourth-order valence-electron chi connectivity index (χ4n) is 2.25. The Bertz CT molecular complexity index is 1020. The lowest BCUT2D eigenvalue weighted by atomic mass is 10.3. The molecular weight excluding hydrogens is 372 g/mol. The average Bonchev–Trinajstić information content (AvgIpc) is 3.13. The maximum absolute atomic E-state index is 12.6. The number of aromatic amines is 1. The molecule has 134 valence electrons. The van der Waals surface area contributed by atoms with Crippen LogP contribution in [0.3, 0.4) is 0 Å². The summed E-state index contributed by atoms with van der Waals surface area (Å²) in [5.41, 5.74) is 0.895. The molecule has 0 aliphatic rings. The molecule has 26 heavy (non-hydrogen) atoms. The van der Waals surface area contributed by atoms with E-state index in [2.05, 4.69) is 20.2 Å². The highest BCUT2D eigenvalue weighted by atomic mass is 32.2. The number of hydrogen-bond donors (Lipinski definition) is 3. The number of anilines is 2. The van der Waals surface area contributed by atoms with Gasteiger partial charge >= 0.3 is 0 Å². The number of H-pyrrole nitrogens is 1. The van der Waals surface area contributed by atoms with Gasteiger partial charge in [0.25, 0.3) is 15.9 Å². The second-order valence-corrected chi connectivity index (χ2v) is 7.77. The van der Waals surface area contributed by atoms with Crippen LogP contribution >= 0.6 is 11.8 Å². The summed E-state index contributed by atoms with van der Waals surface area (Å²) in [5, 5.41) is 8.51. The van der Waals surface area contributed by atoms with Crippen molar-refractivity contribution in [3.8, 4) is 0 Å². The first-order chi connectivity index (χ1) is 12.5. The van der Waals surface area contributed by atoms with Gasteiger partial charge in [-0.25, -0.2) is 0 Å². The summed E-state index contributed by atoms with van der Waals surface area (Å²) in [6.07, 6.45) is 3.12. The Morgan fingerprint density at radius 3 is 2.54 bits per heavy atom. The number of benzene rings is 2. The Morgan fingerprint density at radius 2 is 1.81 bits per heavy atom. The van der Waals surface area contributed by atoms with Crippen molar-refractivity contribution < 1.29 is 13.2 Å². The SMILES string of the molecule is CSc1cccc(NC(=O)c2cn[nH]c2S(=O)(=O)Nc2ccccc2)c1. The molecule has 2 aromatic carbocycles. The lowest BCUT2D eigenvalue weighted by molar-refractivity contribution is 0.102. The van der Waals surface area contributed by atoms with Crippen LogP contribution in [-0.2, 0) is 10.0 Å². The standard InChI is InChI=1S/C17H16N4O3S2/c1-25-14-9-5-8-13(10-14)19-16(22)15-11-18-20-17(15)26(23,24)21-12-6-3-2-4-7-12/h2-11,21H,1H3,(H,18,20)(H,19,22). The van der Waals surface area contributed by atoms with E-state index in [0.29, 0.717) is 11.4 Å². The van der Waals surface area contributed by atoms with E-state index in [1.54, 1.807) is 54.2 Å². The van der Waals surface area contributed by atoms with Crippen LogP contribution < -0.4 is 10.0 Å². The van der Waals surface area contributed by atoms with E-state index in [1.165, 1.54) is 6.20 Å². The predicted molar refractivity (Wildman–Crippen MR) is 102 cm³/mol. The number of amides is 1. The first kappa shape index (κ1) is 18.0. The van der Waals surface area contributed by atoms with E-state index >= 15 is 0 Å². The van der Waals surface area contributed by atoms with Crippen LogP contribution in [-0.4, -0.2) is 30.8 Å². The highest BCUT2D eigenvalue weighted by Gasteiger charge is 2.25. The molecule has 1 amide bonds. The van der Waals surface area contributed by atoms with Gasteiger partial charge in [-0.1, -0.05) is 24.3 Å². The Hall–Kier alpha value is -2.78. The number of nitrogens with one attached hydrogen (secondary N) is 3. The first-order valence-corrected chi connectivity index (χ1v) is 10.3. The third-order valence-corrected chi connectivity index (χ3v) is 5.55. The van der Waals surface area contributed by atoms with Gasteiger partial charge in [0.2, 0.25) is 0 Å². The van der Waals surface area contributed by atoms with Crippen molar-refractivity contribution in [1.29, 1.82) is 0 Å². The van der Waals surface area contributed by atoms with Gasteiger partial charge in [-0.3, -0.25) is 14.6 Å². The number of sulfonamides is 1. The maximum atomic E-state index is 12.6. The zero-order valence-electron chi connectivity index (χ0n) is 13.8. The van der Waals surface area contributed by atoms with Crippen LogP contribution in [0.1, 0.15) is 10.4 Å². The molecular formula is C17H16N4O3S2. The summed E-state index contributed by atoms with van der Waals surface area (Å²) in [4.78, 5) is 13.5. The summed E-state index contributed by atoms with van der Waals surface area (Å²) >= 11 is 1.54. The zero-order valence-corrected chi connectivity index (χ0v) is 15.4. The molecule has 9 heteroatoms. The van der Waals surface area contributed by atoms with Crippen LogP contribution in [0, 0.1) is 0 Å². The molecule has 0 radical (unpaired) electrons. The molecule has 0 saturated heterocycles. The first-order valence-electron chi connectivity index (χ1n) is 7.56. The molecule has 1 heterocycles. The molecule has 0 atom stereocenters. The van der Waals surface area contributed by atoms with E-state index < -0.39 is 15.9 Å². The molecule has 3 aromatic rings. The van der Waals surface area contributed by atoms with Crippen molar-refractivity contribution >= 4 is 39.1 Å². The molecule has 1 aromatic heterocycles. The van der Waals surface area contributed by atoms with Crippen LogP contribution in [0.15, 0.2) is 70.7 Å². The van der Waals surface area contributed by atoms with E-state index in [9.17, 15) is 13.2 Å². The highest BCUT2D eigenvalue weighted by molar-refractivity contribution is 7.98. The molecule has 0 saturated carbocycles. The van der Waals surface area contributed by atoms with Gasteiger partial charge in [-0.05, 0) is 36.6 Å². The number of nitrogens with zero attached hydrogens (tertiary/aromatic N) is 1. The Morgan fingerprint density at radius 1 is 1.08 bits per heavy atom. The van der Waals surface area contributed by atoms with E-state index in [0.717, 1.165) is 4.90 Å². The van der Waals surface area contributed by atoms with Crippen LogP contribution in [0.5, 0.6) is 0 Å². The molecule has 0 fully saturated rings. The van der Waals surface area contributed by atoms with Gasteiger partial charge in [0.15, 0.2) is 5.03 Å². The lowest BCUT2D eigenvalue weighted by Crippen LogP contribution is -2.19. The number of thioether (sulfide) groups is 1. The molecule has 0 aliphatic heterocycles. The molecule has 3 rings (SSSR count). The van der Waals surface area contributed by atoms with Crippen LogP contribution in [0.4, 0.5) is 11.4 Å². The maximum Gasteiger partial charge on any atom is 0.279 e. The van der Waals surface area contributed by atoms with Gasteiger partial charge in [0.1, 0.15) is 0 Å². The molecule has 7 nitrogen and oxygen atoms in total. The zero-order chi connectivity index (χ0) is 18.6. The monoisotopic (exact) mass is 388 g/mol. The number of rotatable bonds is 6. The van der Waals surface area contributed by atoms with Crippen LogP contribution in [0.25, 0.3) is 0 Å². The van der Waals surface area contributed by atoms with Crippen molar-refractivity contribution in [2.45, 2.75) is 9.92 Å². The molecule has 0 bridgehead atoms. The van der Waals surface area contributed by atoms with Gasteiger partial charge in [0.05, 0.1) is 11.8 Å². The minimum atomic E-state index is -3.98. The summed E-state index contributed by atoms with van der Waals surface area (Å²) in [7, 11) is -3.98. The highest BCUT2D eigenvalue weighted by Crippen LogP contribution is 2.21. The molecule has 0 unspecified atom stereocenters. The number of carbonyl (C=O) groups is 1.